The lowest BCUT2D eigenvalue weighted by Gasteiger charge is -2.11. The highest BCUT2D eigenvalue weighted by atomic mass is 35.5. The average Bonchev–Trinajstić information content (AvgIpc) is 2.43. The van der Waals surface area contributed by atoms with Gasteiger partial charge >= 0.3 is 0 Å². The van der Waals surface area contributed by atoms with Gasteiger partial charge in [-0.25, -0.2) is 9.37 Å². The fourth-order valence-corrected chi connectivity index (χ4v) is 1.63. The van der Waals surface area contributed by atoms with Crippen LogP contribution >= 0.6 is 11.6 Å². The number of carbonyl (C=O) groups is 1. The number of ether oxygens (including phenoxy) is 2. The number of rotatable bonds is 5. The Hall–Kier alpha value is -2.14. The first-order chi connectivity index (χ1) is 9.95. The summed E-state index contributed by atoms with van der Waals surface area (Å²) in [6, 6.07) is 7.94. The van der Waals surface area contributed by atoms with Crippen molar-refractivity contribution in [3.05, 3.63) is 47.9 Å². The van der Waals surface area contributed by atoms with Crippen molar-refractivity contribution in [1.82, 2.24) is 4.98 Å². The summed E-state index contributed by atoms with van der Waals surface area (Å²) in [6.07, 6.45) is 0.368. The summed E-state index contributed by atoms with van der Waals surface area (Å²) in [5.41, 5.74) is 0.594. The fraction of sp³-hybridized carbons (Fsp3) is 0.200. The molecule has 1 aromatic heterocycles. The van der Waals surface area contributed by atoms with Gasteiger partial charge in [-0.15, -0.1) is 0 Å². The van der Waals surface area contributed by atoms with E-state index >= 15 is 0 Å². The third kappa shape index (κ3) is 4.16. The van der Waals surface area contributed by atoms with Crippen LogP contribution in [-0.4, -0.2) is 16.3 Å². The molecular weight excluding hydrogens is 297 g/mol. The molecule has 0 saturated carbocycles. The summed E-state index contributed by atoms with van der Waals surface area (Å²) >= 11 is 5.32. The molecule has 1 heterocycles. The number of carbonyl (C=O) groups excluding carboxylic acids is 1. The van der Waals surface area contributed by atoms with Crippen LogP contribution in [-0.2, 0) is 4.79 Å². The molecule has 21 heavy (non-hydrogen) atoms. The van der Waals surface area contributed by atoms with Crippen molar-refractivity contribution in [3.63, 3.8) is 0 Å². The molecule has 0 N–H and O–H groups in total. The monoisotopic (exact) mass is 309 g/mol. The summed E-state index contributed by atoms with van der Waals surface area (Å²) in [7, 11) is 0. The highest BCUT2D eigenvalue weighted by Gasteiger charge is 2.11. The highest BCUT2D eigenvalue weighted by molar-refractivity contribution is 6.64. The van der Waals surface area contributed by atoms with Gasteiger partial charge in [0.15, 0.2) is 6.10 Å². The zero-order valence-corrected chi connectivity index (χ0v) is 12.2. The number of halogens is 2. The van der Waals surface area contributed by atoms with Crippen molar-refractivity contribution < 1.29 is 18.7 Å². The summed E-state index contributed by atoms with van der Waals surface area (Å²) < 4.78 is 23.8. The van der Waals surface area contributed by atoms with Crippen LogP contribution in [0.25, 0.3) is 0 Å². The van der Waals surface area contributed by atoms with Gasteiger partial charge in [0.1, 0.15) is 17.3 Å². The van der Waals surface area contributed by atoms with Gasteiger partial charge in [0.25, 0.3) is 5.24 Å². The number of aryl methyl sites for hydroxylation is 1. The van der Waals surface area contributed by atoms with Gasteiger partial charge in [0, 0.05) is 5.56 Å². The molecule has 1 atom stereocenters. The van der Waals surface area contributed by atoms with Crippen molar-refractivity contribution in [3.8, 4) is 17.4 Å². The lowest BCUT2D eigenvalue weighted by atomic mass is 10.3. The minimum Gasteiger partial charge on any atom is -0.482 e. The molecule has 2 rings (SSSR count). The number of aromatic nitrogens is 1. The number of pyridine rings is 1. The van der Waals surface area contributed by atoms with Crippen LogP contribution in [0.4, 0.5) is 4.39 Å². The average molecular weight is 310 g/mol. The number of nitrogens with zero attached hydrogens (tertiary/aromatic N) is 1. The van der Waals surface area contributed by atoms with Crippen molar-refractivity contribution in [2.24, 2.45) is 0 Å². The summed E-state index contributed by atoms with van der Waals surface area (Å²) in [4.78, 5) is 14.8. The summed E-state index contributed by atoms with van der Waals surface area (Å²) in [5, 5.41) is -0.568. The van der Waals surface area contributed by atoms with E-state index in [0.29, 0.717) is 22.9 Å². The van der Waals surface area contributed by atoms with Crippen molar-refractivity contribution in [2.45, 2.75) is 20.0 Å². The fourth-order valence-electron chi connectivity index (χ4n) is 1.58. The first kappa shape index (κ1) is 15.3. The van der Waals surface area contributed by atoms with Gasteiger partial charge in [0.2, 0.25) is 5.88 Å². The van der Waals surface area contributed by atoms with Crippen molar-refractivity contribution in [2.75, 3.05) is 0 Å². The van der Waals surface area contributed by atoms with E-state index in [2.05, 4.69) is 4.98 Å². The van der Waals surface area contributed by atoms with E-state index in [4.69, 9.17) is 21.1 Å². The second-order valence-electron chi connectivity index (χ2n) is 4.41. The van der Waals surface area contributed by atoms with E-state index < -0.39 is 17.2 Å². The van der Waals surface area contributed by atoms with Gasteiger partial charge in [-0.2, -0.15) is 0 Å². The highest BCUT2D eigenvalue weighted by Crippen LogP contribution is 2.25. The Bertz CT molecular complexity index is 646. The zero-order chi connectivity index (χ0) is 15.4. The number of hydrogen-bond donors (Lipinski definition) is 0. The molecule has 0 aliphatic carbocycles. The quantitative estimate of drug-likeness (QED) is 0.787. The first-order valence-electron chi connectivity index (χ1n) is 6.22. The molecule has 0 radical (unpaired) electrons. The molecule has 1 unspecified atom stereocenters. The predicted molar refractivity (Wildman–Crippen MR) is 76.4 cm³/mol. The largest absolute Gasteiger partial charge is 0.482 e. The summed E-state index contributed by atoms with van der Waals surface area (Å²) in [6.45, 7) is 3.27. The Labute approximate surface area is 126 Å². The Morgan fingerprint density at radius 3 is 2.48 bits per heavy atom. The SMILES string of the molecule is Cc1cc(F)cnc1Oc1ccc(OC(C)C(=O)Cl)cc1. The minimum atomic E-state index is -0.723. The molecule has 2 aromatic rings. The number of hydrogen-bond acceptors (Lipinski definition) is 4. The van der Waals surface area contributed by atoms with Crippen molar-refractivity contribution >= 4 is 16.8 Å². The van der Waals surface area contributed by atoms with Gasteiger partial charge in [0.05, 0.1) is 6.20 Å². The van der Waals surface area contributed by atoms with Crippen LogP contribution < -0.4 is 9.47 Å². The van der Waals surface area contributed by atoms with Crippen LogP contribution in [0.5, 0.6) is 17.4 Å². The van der Waals surface area contributed by atoms with Gasteiger partial charge in [-0.1, -0.05) is 0 Å². The third-order valence-corrected chi connectivity index (χ3v) is 2.97. The summed E-state index contributed by atoms with van der Waals surface area (Å²) in [5.74, 6) is 0.930. The van der Waals surface area contributed by atoms with E-state index in [9.17, 15) is 9.18 Å². The zero-order valence-electron chi connectivity index (χ0n) is 11.5. The van der Waals surface area contributed by atoms with E-state index in [1.54, 1.807) is 38.1 Å². The molecule has 4 nitrogen and oxygen atoms in total. The minimum absolute atomic E-state index is 0.328. The van der Waals surface area contributed by atoms with Crippen LogP contribution in [0.1, 0.15) is 12.5 Å². The molecule has 110 valence electrons. The van der Waals surface area contributed by atoms with E-state index in [-0.39, 0.29) is 0 Å². The lowest BCUT2D eigenvalue weighted by molar-refractivity contribution is -0.117. The molecule has 0 bridgehead atoms. The normalized spacial score (nSPS) is 11.8. The number of benzene rings is 1. The van der Waals surface area contributed by atoms with Crippen LogP contribution in [0.15, 0.2) is 36.5 Å². The Kier molecular flexibility index (Phi) is 4.75. The van der Waals surface area contributed by atoms with Crippen LogP contribution in [0.3, 0.4) is 0 Å². The second kappa shape index (κ2) is 6.54. The smallest absolute Gasteiger partial charge is 0.262 e. The Balaban J connectivity index is 2.07. The maximum Gasteiger partial charge on any atom is 0.262 e. The predicted octanol–water partition coefficient (Wildman–Crippen LogP) is 3.85. The topological polar surface area (TPSA) is 48.4 Å². The molecule has 0 aliphatic rings. The molecule has 0 fully saturated rings. The maximum absolute atomic E-state index is 13.0. The standard InChI is InChI=1S/C15H13ClFNO3/c1-9-7-11(17)8-18-15(9)21-13-5-3-12(4-6-13)20-10(2)14(16)19/h3-8,10H,1-2H3. The molecule has 6 heteroatoms. The van der Waals surface area contributed by atoms with Crippen LogP contribution in [0, 0.1) is 12.7 Å². The Morgan fingerprint density at radius 1 is 1.29 bits per heavy atom. The van der Waals surface area contributed by atoms with Gasteiger partial charge < -0.3 is 9.47 Å². The Morgan fingerprint density at radius 2 is 1.90 bits per heavy atom. The van der Waals surface area contributed by atoms with E-state index in [1.165, 1.54) is 6.07 Å². The van der Waals surface area contributed by atoms with Gasteiger partial charge in [-0.3, -0.25) is 4.79 Å². The molecular formula is C15H13ClFNO3. The third-order valence-electron chi connectivity index (χ3n) is 2.67. The van der Waals surface area contributed by atoms with E-state index in [1.807, 2.05) is 0 Å². The van der Waals surface area contributed by atoms with Crippen molar-refractivity contribution in [1.29, 1.82) is 0 Å². The van der Waals surface area contributed by atoms with Gasteiger partial charge in [-0.05, 0) is 55.8 Å². The van der Waals surface area contributed by atoms with E-state index in [0.717, 1.165) is 6.20 Å². The second-order valence-corrected chi connectivity index (χ2v) is 4.79. The maximum atomic E-state index is 13.0. The lowest BCUT2D eigenvalue weighted by Crippen LogP contribution is -2.18. The molecule has 0 amide bonds. The van der Waals surface area contributed by atoms with Crippen LogP contribution in [0.2, 0.25) is 0 Å². The molecule has 0 saturated heterocycles. The molecule has 1 aromatic carbocycles. The first-order valence-corrected chi connectivity index (χ1v) is 6.59. The molecule has 0 aliphatic heterocycles. The molecule has 0 spiro atoms.